The van der Waals surface area contributed by atoms with Crippen molar-refractivity contribution in [1.29, 1.82) is 0 Å². The Morgan fingerprint density at radius 1 is 0.808 bits per heavy atom. The van der Waals surface area contributed by atoms with Crippen LogP contribution in [-0.4, -0.2) is 12.4 Å². The van der Waals surface area contributed by atoms with Crippen molar-refractivity contribution in [1.82, 2.24) is 0 Å². The van der Waals surface area contributed by atoms with Crippen LogP contribution in [0.3, 0.4) is 0 Å². The molecular formula is C20H21F6. The van der Waals surface area contributed by atoms with Crippen molar-refractivity contribution in [2.75, 3.05) is 0 Å². The van der Waals surface area contributed by atoms with Gasteiger partial charge in [0.25, 0.3) is 0 Å². The topological polar surface area (TPSA) is 0 Å². The molecule has 6 heteroatoms. The van der Waals surface area contributed by atoms with E-state index < -0.39 is 29.9 Å². The summed E-state index contributed by atoms with van der Waals surface area (Å²) in [6.45, 7) is 3.94. The molecule has 0 heterocycles. The lowest BCUT2D eigenvalue weighted by atomic mass is 9.85. The molecule has 2 rings (SSSR count). The summed E-state index contributed by atoms with van der Waals surface area (Å²) in [5, 5.41) is 0. The van der Waals surface area contributed by atoms with Crippen molar-refractivity contribution < 1.29 is 26.3 Å². The van der Waals surface area contributed by atoms with Crippen molar-refractivity contribution in [2.45, 2.75) is 58.3 Å². The molecule has 1 aliphatic carbocycles. The molecule has 0 N–H and O–H groups in total. The lowest BCUT2D eigenvalue weighted by molar-refractivity contribution is -0.0973. The van der Waals surface area contributed by atoms with E-state index >= 15 is 0 Å². The Labute approximate surface area is 149 Å². The number of rotatable bonds is 5. The van der Waals surface area contributed by atoms with Crippen LogP contribution in [0.1, 0.15) is 49.8 Å². The Bertz CT molecular complexity index is 680. The first-order valence-electron chi connectivity index (χ1n) is 8.62. The first-order valence-corrected chi connectivity index (χ1v) is 8.62. The smallest absolute Gasteiger partial charge is 0.166 e. The van der Waals surface area contributed by atoms with Gasteiger partial charge in [-0.15, -0.1) is 0 Å². The third-order valence-electron chi connectivity index (χ3n) is 4.25. The molecule has 1 aliphatic rings. The van der Waals surface area contributed by atoms with Crippen LogP contribution < -0.4 is 0 Å². The van der Waals surface area contributed by atoms with Crippen molar-refractivity contribution in [3.05, 3.63) is 58.5 Å². The van der Waals surface area contributed by atoms with Crippen LogP contribution in [0.15, 0.2) is 35.4 Å². The average Bonchev–Trinajstić information content (AvgIpc) is 2.53. The van der Waals surface area contributed by atoms with E-state index in [-0.39, 0.29) is 11.6 Å². The highest BCUT2D eigenvalue weighted by Gasteiger charge is 2.42. The molecule has 0 saturated heterocycles. The van der Waals surface area contributed by atoms with E-state index in [9.17, 15) is 26.3 Å². The number of aryl methyl sites for hydroxylation is 2. The van der Waals surface area contributed by atoms with Crippen LogP contribution in [0.4, 0.5) is 26.3 Å². The molecule has 0 atom stereocenters. The predicted molar refractivity (Wildman–Crippen MR) is 90.5 cm³/mol. The summed E-state index contributed by atoms with van der Waals surface area (Å²) >= 11 is 0. The molecular weight excluding hydrogens is 354 g/mol. The van der Waals surface area contributed by atoms with Gasteiger partial charge in [0.1, 0.15) is 0 Å². The predicted octanol–water partition coefficient (Wildman–Crippen LogP) is 7.00. The lowest BCUT2D eigenvalue weighted by Gasteiger charge is -2.24. The van der Waals surface area contributed by atoms with Gasteiger partial charge in [0, 0.05) is 5.57 Å². The summed E-state index contributed by atoms with van der Waals surface area (Å²) in [5.74, 6) is 0. The summed E-state index contributed by atoms with van der Waals surface area (Å²) in [6.07, 6.45) is -5.78. The second kappa shape index (κ2) is 7.89. The Kier molecular flexibility index (Phi) is 6.25. The van der Waals surface area contributed by atoms with Gasteiger partial charge in [0.05, 0.1) is 5.57 Å². The monoisotopic (exact) mass is 375 g/mol. The summed E-state index contributed by atoms with van der Waals surface area (Å²) in [5.41, 5.74) is -0.424. The van der Waals surface area contributed by atoms with Gasteiger partial charge in [-0.1, -0.05) is 44.9 Å². The highest BCUT2D eigenvalue weighted by Crippen LogP contribution is 2.43. The molecule has 0 amide bonds. The second-order valence-corrected chi connectivity index (χ2v) is 6.44. The number of hydrogen-bond acceptors (Lipinski definition) is 0. The van der Waals surface area contributed by atoms with Crippen LogP contribution in [-0.2, 0) is 12.8 Å². The Hall–Kier alpha value is -1.72. The van der Waals surface area contributed by atoms with Gasteiger partial charge >= 0.3 is 12.4 Å². The minimum absolute atomic E-state index is 0.166. The molecule has 0 nitrogen and oxygen atoms in total. The fourth-order valence-electron chi connectivity index (χ4n) is 3.12. The van der Waals surface area contributed by atoms with E-state index in [4.69, 9.17) is 0 Å². The minimum atomic E-state index is -4.85. The zero-order chi connectivity index (χ0) is 19.5. The van der Waals surface area contributed by atoms with Crippen molar-refractivity contribution >= 4 is 5.57 Å². The van der Waals surface area contributed by atoms with Crippen LogP contribution in [0, 0.1) is 6.42 Å². The lowest BCUT2D eigenvalue weighted by Crippen LogP contribution is -2.21. The van der Waals surface area contributed by atoms with Gasteiger partial charge < -0.3 is 0 Å². The Morgan fingerprint density at radius 2 is 1.35 bits per heavy atom. The van der Waals surface area contributed by atoms with Crippen LogP contribution in [0.5, 0.6) is 0 Å². The van der Waals surface area contributed by atoms with E-state index in [1.54, 1.807) is 12.1 Å². The third kappa shape index (κ3) is 4.92. The normalized spacial score (nSPS) is 16.1. The van der Waals surface area contributed by atoms with Gasteiger partial charge in [0.2, 0.25) is 0 Å². The maximum absolute atomic E-state index is 13.4. The first kappa shape index (κ1) is 20.6. The molecule has 1 aromatic carbocycles. The minimum Gasteiger partial charge on any atom is -0.166 e. The van der Waals surface area contributed by atoms with Gasteiger partial charge in [-0.05, 0) is 54.0 Å². The zero-order valence-corrected chi connectivity index (χ0v) is 14.7. The summed E-state index contributed by atoms with van der Waals surface area (Å²) < 4.78 is 79.0. The van der Waals surface area contributed by atoms with Gasteiger partial charge in [-0.25, -0.2) is 0 Å². The number of alkyl halides is 6. The largest absolute Gasteiger partial charge is 0.416 e. The molecule has 0 unspecified atom stereocenters. The Balaban J connectivity index is 2.62. The van der Waals surface area contributed by atoms with Crippen molar-refractivity contribution in [3.63, 3.8) is 0 Å². The molecule has 1 aromatic rings. The maximum Gasteiger partial charge on any atom is 0.416 e. The summed E-state index contributed by atoms with van der Waals surface area (Å²) in [7, 11) is 0. The molecule has 143 valence electrons. The molecule has 0 fully saturated rings. The molecule has 0 spiro atoms. The van der Waals surface area contributed by atoms with E-state index in [1.807, 2.05) is 19.9 Å². The molecule has 0 saturated carbocycles. The fraction of sp³-hybridized carbons (Fsp3) is 0.450. The SMILES string of the molecule is CCCc1cc(CCC)cc(C2=C(C(F)(F)F)C=C(C(F)(F)F)C[CH]2)c1. The maximum atomic E-state index is 13.4. The van der Waals surface area contributed by atoms with E-state index in [0.29, 0.717) is 18.4 Å². The van der Waals surface area contributed by atoms with Gasteiger partial charge in [-0.3, -0.25) is 0 Å². The fourth-order valence-corrected chi connectivity index (χ4v) is 3.12. The van der Waals surface area contributed by atoms with Gasteiger partial charge in [0.15, 0.2) is 0 Å². The molecule has 0 bridgehead atoms. The number of allylic oxidation sites excluding steroid dienone is 4. The highest BCUT2D eigenvalue weighted by molar-refractivity contribution is 5.80. The summed E-state index contributed by atoms with van der Waals surface area (Å²) in [6, 6.07) is 5.28. The molecule has 26 heavy (non-hydrogen) atoms. The number of hydrogen-bond donors (Lipinski definition) is 0. The van der Waals surface area contributed by atoms with Gasteiger partial charge in [-0.2, -0.15) is 26.3 Å². The van der Waals surface area contributed by atoms with E-state index in [2.05, 4.69) is 0 Å². The van der Waals surface area contributed by atoms with Crippen molar-refractivity contribution in [2.24, 2.45) is 0 Å². The third-order valence-corrected chi connectivity index (χ3v) is 4.25. The molecule has 0 aromatic heterocycles. The number of benzene rings is 1. The second-order valence-electron chi connectivity index (χ2n) is 6.44. The quantitative estimate of drug-likeness (QED) is 0.486. The Morgan fingerprint density at radius 3 is 1.77 bits per heavy atom. The van der Waals surface area contributed by atoms with E-state index in [0.717, 1.165) is 30.4 Å². The molecule has 1 radical (unpaired) electrons. The van der Waals surface area contributed by atoms with Crippen molar-refractivity contribution in [3.8, 4) is 0 Å². The standard InChI is InChI=1S/C20H21F6/c1-3-5-13-9-14(6-4-2)11-15(10-13)17-8-7-16(19(21,22)23)12-18(17)20(24,25)26/h8-12H,3-7H2,1-2H3. The van der Waals surface area contributed by atoms with Crippen LogP contribution in [0.25, 0.3) is 5.57 Å². The number of halogens is 6. The molecule has 0 aliphatic heterocycles. The summed E-state index contributed by atoms with van der Waals surface area (Å²) in [4.78, 5) is 0. The van der Waals surface area contributed by atoms with E-state index in [1.165, 1.54) is 0 Å². The first-order chi connectivity index (χ1) is 12.1. The van der Waals surface area contributed by atoms with Crippen LogP contribution in [0.2, 0.25) is 0 Å². The van der Waals surface area contributed by atoms with Crippen LogP contribution >= 0.6 is 0 Å². The zero-order valence-electron chi connectivity index (χ0n) is 14.7. The highest BCUT2D eigenvalue weighted by atomic mass is 19.4. The average molecular weight is 375 g/mol.